The first-order chi connectivity index (χ1) is 19.0. The van der Waals surface area contributed by atoms with Gasteiger partial charge in [-0.05, 0) is 49.5 Å². The zero-order chi connectivity index (χ0) is 27.9. The number of oxazole rings is 1. The minimum atomic E-state index is -0.277. The largest absolute Gasteiger partial charge is 0.493 e. The molecule has 10 nitrogen and oxygen atoms in total. The summed E-state index contributed by atoms with van der Waals surface area (Å²) in [6, 6.07) is 9.51. The number of rotatable bonds is 17. The van der Waals surface area contributed by atoms with E-state index in [2.05, 4.69) is 14.9 Å². The summed E-state index contributed by atoms with van der Waals surface area (Å²) in [7, 11) is 1.62. The third-order valence-electron chi connectivity index (χ3n) is 5.93. The van der Waals surface area contributed by atoms with Gasteiger partial charge in [-0.15, -0.1) is 0 Å². The maximum atomic E-state index is 12.0. The quantitative estimate of drug-likeness (QED) is 0.0850. The molecule has 2 heterocycles. The lowest BCUT2D eigenvalue weighted by molar-refractivity contribution is -0.697. The van der Waals surface area contributed by atoms with Gasteiger partial charge in [0.2, 0.25) is 17.7 Å². The van der Waals surface area contributed by atoms with Crippen LogP contribution in [0.3, 0.4) is 0 Å². The molecule has 39 heavy (non-hydrogen) atoms. The zero-order valence-electron chi connectivity index (χ0n) is 22.1. The van der Waals surface area contributed by atoms with Crippen molar-refractivity contribution in [3.8, 4) is 17.2 Å². The smallest absolute Gasteiger partial charge is 0.246 e. The van der Waals surface area contributed by atoms with E-state index in [9.17, 15) is 14.4 Å². The van der Waals surface area contributed by atoms with Crippen LogP contribution in [0, 0.1) is 0 Å². The molecule has 0 unspecified atom stereocenters. The van der Waals surface area contributed by atoms with E-state index in [1.165, 1.54) is 11.0 Å². The van der Waals surface area contributed by atoms with Gasteiger partial charge in [0.15, 0.2) is 18.0 Å². The summed E-state index contributed by atoms with van der Waals surface area (Å²) in [5.74, 6) is 1.58. The number of aryl methyl sites for hydroxylation is 1. The van der Waals surface area contributed by atoms with Crippen molar-refractivity contribution >= 4 is 41.2 Å². The number of ether oxygens (including phenoxy) is 1. The van der Waals surface area contributed by atoms with Gasteiger partial charge in [0.05, 0.1) is 6.61 Å². The van der Waals surface area contributed by atoms with E-state index in [4.69, 9.17) is 13.7 Å². The van der Waals surface area contributed by atoms with Crippen molar-refractivity contribution in [2.75, 3.05) is 32.5 Å². The number of hydrogen-bond acceptors (Lipinski definition) is 8. The number of amides is 2. The fraction of sp³-hybridized carbons (Fsp3) is 0.393. The van der Waals surface area contributed by atoms with Gasteiger partial charge in [0.1, 0.15) is 24.1 Å². The average molecular weight is 556 g/mol. The zero-order valence-corrected chi connectivity index (χ0v) is 22.9. The molecular weight excluding hydrogens is 520 g/mol. The van der Waals surface area contributed by atoms with Crippen LogP contribution in [-0.4, -0.2) is 65.0 Å². The van der Waals surface area contributed by atoms with Crippen LogP contribution in [-0.2, 0) is 20.9 Å². The number of nitrogens with zero attached hydrogens (tertiary/aromatic N) is 3. The number of allylic oxidation sites excluding steroid dienone is 1. The Morgan fingerprint density at radius 2 is 2.00 bits per heavy atom. The Morgan fingerprint density at radius 1 is 1.18 bits per heavy atom. The Bertz CT molecular complexity index is 1240. The van der Waals surface area contributed by atoms with Crippen LogP contribution < -0.4 is 14.6 Å². The molecule has 208 valence electrons. The molecular formula is C28H35N4O6S+. The number of aldehydes is 1. The Hall–Kier alpha value is -3.70. The van der Waals surface area contributed by atoms with E-state index in [1.54, 1.807) is 7.05 Å². The van der Waals surface area contributed by atoms with Crippen molar-refractivity contribution in [2.24, 2.45) is 0 Å². The Labute approximate surface area is 232 Å². The van der Waals surface area contributed by atoms with Crippen molar-refractivity contribution in [1.29, 1.82) is 0 Å². The third kappa shape index (κ3) is 10.2. The first-order valence-electron chi connectivity index (χ1n) is 12.9. The van der Waals surface area contributed by atoms with E-state index in [-0.39, 0.29) is 11.8 Å². The van der Waals surface area contributed by atoms with Crippen molar-refractivity contribution in [1.82, 2.24) is 15.2 Å². The second-order valence-electron chi connectivity index (χ2n) is 8.92. The molecule has 0 saturated heterocycles. The van der Waals surface area contributed by atoms with E-state index in [1.807, 2.05) is 42.7 Å². The Balaban J connectivity index is 1.35. The van der Waals surface area contributed by atoms with Crippen molar-refractivity contribution in [3.63, 3.8) is 0 Å². The maximum absolute atomic E-state index is 12.0. The molecule has 0 spiro atoms. The highest BCUT2D eigenvalue weighted by Crippen LogP contribution is 2.26. The lowest BCUT2D eigenvalue weighted by Gasteiger charge is -2.15. The van der Waals surface area contributed by atoms with Gasteiger partial charge in [-0.2, -0.15) is 0 Å². The third-order valence-corrected chi connectivity index (χ3v) is 6.40. The predicted molar refractivity (Wildman–Crippen MR) is 149 cm³/mol. The fourth-order valence-corrected chi connectivity index (χ4v) is 3.99. The number of carbonyl (C=O) groups is 3. The molecule has 3 rings (SSSR count). The SMILES string of the molecule is CN(CCNC(=O)CCCCC[n+]1ccc(-c2nc3ccc(OCCCSO)cc3o2)cc1)C(=O)/C=C\C=O. The van der Waals surface area contributed by atoms with Crippen molar-refractivity contribution < 1.29 is 32.7 Å². The number of pyridine rings is 1. The summed E-state index contributed by atoms with van der Waals surface area (Å²) in [5, 5.41) is 2.82. The summed E-state index contributed by atoms with van der Waals surface area (Å²) >= 11 is 0.811. The van der Waals surface area contributed by atoms with Crippen LogP contribution in [0.15, 0.2) is 59.3 Å². The number of benzene rings is 1. The normalized spacial score (nSPS) is 11.1. The van der Waals surface area contributed by atoms with Crippen LogP contribution >= 0.6 is 12.0 Å². The number of aromatic nitrogens is 2. The Morgan fingerprint density at radius 3 is 2.77 bits per heavy atom. The number of hydrogen-bond donors (Lipinski definition) is 2. The standard InChI is InChI=1S/C28H34N4O6S/c1-31(27(35)8-5-18-33)17-13-29-26(34)7-3-2-4-14-32-15-11-22(12-16-32)28-30-24-10-9-23(21-25(24)38-28)37-19-6-20-39-36/h5,8-12,15-16,18,21H,2-4,6-7,13-14,17,19-20H2,1H3,(H-,29,34,36)/p+1/b8-5-. The molecule has 2 N–H and O–H groups in total. The van der Waals surface area contributed by atoms with Crippen molar-refractivity contribution in [3.05, 3.63) is 54.9 Å². The van der Waals surface area contributed by atoms with E-state index < -0.39 is 0 Å². The minimum Gasteiger partial charge on any atom is -0.493 e. The lowest BCUT2D eigenvalue weighted by atomic mass is 10.2. The summed E-state index contributed by atoms with van der Waals surface area (Å²) in [5.41, 5.74) is 2.30. The maximum Gasteiger partial charge on any atom is 0.246 e. The predicted octanol–water partition coefficient (Wildman–Crippen LogP) is 3.65. The first-order valence-corrected chi connectivity index (χ1v) is 13.9. The number of likely N-dealkylation sites (N-methyl/N-ethyl adjacent to an activating group) is 1. The van der Waals surface area contributed by atoms with Crippen molar-refractivity contribution in [2.45, 2.75) is 38.6 Å². The fourth-order valence-electron chi connectivity index (χ4n) is 3.75. The molecule has 0 aliphatic rings. The van der Waals surface area contributed by atoms with Gasteiger partial charge < -0.3 is 23.9 Å². The number of unbranched alkanes of at least 4 members (excludes halogenated alkanes) is 2. The summed E-state index contributed by atoms with van der Waals surface area (Å²) in [6.45, 7) is 2.12. The molecule has 1 aromatic carbocycles. The number of carbonyl (C=O) groups excluding carboxylic acids is 3. The number of nitrogens with one attached hydrogen (secondary N) is 1. The van der Waals surface area contributed by atoms with E-state index >= 15 is 0 Å². The van der Waals surface area contributed by atoms with E-state index in [0.717, 1.165) is 61.4 Å². The molecule has 0 fully saturated rings. The molecule has 0 atom stereocenters. The molecule has 0 radical (unpaired) electrons. The molecule has 2 aromatic heterocycles. The molecule has 11 heteroatoms. The highest BCUT2D eigenvalue weighted by atomic mass is 32.2. The number of fused-ring (bicyclic) bond motifs is 1. The van der Waals surface area contributed by atoms with Gasteiger partial charge in [-0.25, -0.2) is 9.55 Å². The van der Waals surface area contributed by atoms with Gasteiger partial charge in [0, 0.05) is 68.6 Å². The second-order valence-corrected chi connectivity index (χ2v) is 9.59. The van der Waals surface area contributed by atoms with Crippen LogP contribution in [0.1, 0.15) is 32.1 Å². The monoisotopic (exact) mass is 555 g/mol. The van der Waals surface area contributed by atoms with Crippen LogP contribution in [0.25, 0.3) is 22.6 Å². The van der Waals surface area contributed by atoms with Crippen LogP contribution in [0.4, 0.5) is 0 Å². The van der Waals surface area contributed by atoms with Crippen LogP contribution in [0.2, 0.25) is 0 Å². The van der Waals surface area contributed by atoms with Gasteiger partial charge >= 0.3 is 0 Å². The molecule has 0 aliphatic heterocycles. The lowest BCUT2D eigenvalue weighted by Crippen LogP contribution is -2.35. The molecule has 0 bridgehead atoms. The summed E-state index contributed by atoms with van der Waals surface area (Å²) in [6.07, 6.45) is 10.7. The molecule has 3 aromatic rings. The van der Waals surface area contributed by atoms with Gasteiger partial charge in [-0.3, -0.25) is 14.4 Å². The first kappa shape index (κ1) is 29.9. The Kier molecular flexibility index (Phi) is 12.5. The topological polar surface area (TPSA) is 126 Å². The van der Waals surface area contributed by atoms with Gasteiger partial charge in [0.25, 0.3) is 0 Å². The summed E-state index contributed by atoms with van der Waals surface area (Å²) < 4.78 is 22.5. The molecule has 2 amide bonds. The van der Waals surface area contributed by atoms with Crippen LogP contribution in [0.5, 0.6) is 5.75 Å². The van der Waals surface area contributed by atoms with Gasteiger partial charge in [-0.1, -0.05) is 0 Å². The highest BCUT2D eigenvalue weighted by molar-refractivity contribution is 7.93. The summed E-state index contributed by atoms with van der Waals surface area (Å²) in [4.78, 5) is 40.0. The average Bonchev–Trinajstić information content (AvgIpc) is 3.37. The minimum absolute atomic E-state index is 0.0332. The molecule has 0 aliphatic carbocycles. The second kappa shape index (κ2) is 16.3. The molecule has 0 saturated carbocycles. The highest BCUT2D eigenvalue weighted by Gasteiger charge is 2.12. The van der Waals surface area contributed by atoms with E-state index in [0.29, 0.717) is 55.4 Å².